The van der Waals surface area contributed by atoms with Gasteiger partial charge in [-0.3, -0.25) is 0 Å². The van der Waals surface area contributed by atoms with E-state index in [1.165, 1.54) is 12.8 Å². The Morgan fingerprint density at radius 3 is 2.70 bits per heavy atom. The quantitative estimate of drug-likeness (QED) is 0.805. The maximum Gasteiger partial charge on any atom is 0.407 e. The van der Waals surface area contributed by atoms with Gasteiger partial charge in [-0.1, -0.05) is 37.3 Å². The molecule has 1 amide bonds. The van der Waals surface area contributed by atoms with Gasteiger partial charge in [0.15, 0.2) is 0 Å². The molecular weight excluding hydrogens is 254 g/mol. The summed E-state index contributed by atoms with van der Waals surface area (Å²) >= 11 is 0. The van der Waals surface area contributed by atoms with Crippen LogP contribution in [0.3, 0.4) is 0 Å². The predicted molar refractivity (Wildman–Crippen MR) is 77.2 cm³/mol. The van der Waals surface area contributed by atoms with Crippen LogP contribution in [0.1, 0.15) is 38.2 Å². The molecule has 1 saturated carbocycles. The van der Waals surface area contributed by atoms with Gasteiger partial charge in [0, 0.05) is 0 Å². The first-order valence-corrected chi connectivity index (χ1v) is 7.19. The Labute approximate surface area is 120 Å². The van der Waals surface area contributed by atoms with Crippen LogP contribution in [0.4, 0.5) is 4.79 Å². The van der Waals surface area contributed by atoms with Crippen molar-refractivity contribution in [3.63, 3.8) is 0 Å². The van der Waals surface area contributed by atoms with Crippen molar-refractivity contribution in [3.8, 4) is 0 Å². The fourth-order valence-electron chi connectivity index (χ4n) is 2.13. The Bertz CT molecular complexity index is 429. The molecule has 4 heteroatoms. The normalized spacial score (nSPS) is 17.3. The third kappa shape index (κ3) is 4.85. The molecule has 0 unspecified atom stereocenters. The van der Waals surface area contributed by atoms with Crippen molar-refractivity contribution >= 4 is 6.09 Å². The Balaban J connectivity index is 1.68. The summed E-state index contributed by atoms with van der Waals surface area (Å²) in [4.78, 5) is 11.7. The molecule has 0 radical (unpaired) electrons. The molecule has 1 aromatic carbocycles. The highest BCUT2D eigenvalue weighted by Crippen LogP contribution is 2.49. The lowest BCUT2D eigenvalue weighted by Gasteiger charge is -2.18. The smallest absolute Gasteiger partial charge is 0.407 e. The van der Waals surface area contributed by atoms with Gasteiger partial charge in [0.25, 0.3) is 0 Å². The van der Waals surface area contributed by atoms with E-state index in [1.807, 2.05) is 30.3 Å². The minimum atomic E-state index is -0.464. The molecule has 0 saturated heterocycles. The van der Waals surface area contributed by atoms with Gasteiger partial charge in [0.1, 0.15) is 6.61 Å². The van der Waals surface area contributed by atoms with Crippen LogP contribution in [-0.4, -0.2) is 23.8 Å². The predicted octanol–water partition coefficient (Wildman–Crippen LogP) is 2.85. The number of aliphatic hydroxyl groups is 1. The average Bonchev–Trinajstić information content (AvgIpc) is 3.20. The number of nitrogens with one attached hydrogen (secondary N) is 1. The van der Waals surface area contributed by atoms with Crippen molar-refractivity contribution in [1.29, 1.82) is 0 Å². The summed E-state index contributed by atoms with van der Waals surface area (Å²) in [5.74, 6) is 0. The van der Waals surface area contributed by atoms with Gasteiger partial charge in [0.05, 0.1) is 12.6 Å². The van der Waals surface area contributed by atoms with Crippen LogP contribution < -0.4 is 5.32 Å². The zero-order valence-electron chi connectivity index (χ0n) is 12.0. The number of amides is 1. The van der Waals surface area contributed by atoms with E-state index < -0.39 is 6.09 Å². The first kappa shape index (κ1) is 14.9. The summed E-state index contributed by atoms with van der Waals surface area (Å²) < 4.78 is 5.15. The number of aliphatic hydroxyl groups excluding tert-OH is 1. The van der Waals surface area contributed by atoms with Gasteiger partial charge >= 0.3 is 6.09 Å². The van der Waals surface area contributed by atoms with Crippen molar-refractivity contribution in [1.82, 2.24) is 5.32 Å². The summed E-state index contributed by atoms with van der Waals surface area (Å²) in [6, 6.07) is 9.34. The molecule has 0 spiro atoms. The first-order chi connectivity index (χ1) is 9.61. The lowest BCUT2D eigenvalue weighted by atomic mass is 10.00. The summed E-state index contributed by atoms with van der Waals surface area (Å²) in [5, 5.41) is 12.0. The van der Waals surface area contributed by atoms with E-state index >= 15 is 0 Å². The van der Waals surface area contributed by atoms with Gasteiger partial charge in [-0.05, 0) is 36.7 Å². The molecular formula is C16H23NO3. The van der Waals surface area contributed by atoms with Crippen LogP contribution in [0.5, 0.6) is 0 Å². The Kier molecular flexibility index (Phi) is 5.01. The van der Waals surface area contributed by atoms with Crippen LogP contribution in [0, 0.1) is 5.41 Å². The maximum atomic E-state index is 11.7. The van der Waals surface area contributed by atoms with Gasteiger partial charge in [-0.25, -0.2) is 4.79 Å². The highest BCUT2D eigenvalue weighted by atomic mass is 16.5. The fraction of sp³-hybridized carbons (Fsp3) is 0.562. The van der Waals surface area contributed by atoms with E-state index in [2.05, 4.69) is 12.2 Å². The van der Waals surface area contributed by atoms with Gasteiger partial charge in [0.2, 0.25) is 0 Å². The molecule has 1 atom stereocenters. The molecule has 0 aromatic heterocycles. The second kappa shape index (κ2) is 6.75. The summed E-state index contributed by atoms with van der Waals surface area (Å²) in [5.41, 5.74) is 1.39. The number of ether oxygens (including phenoxy) is 1. The first-order valence-electron chi connectivity index (χ1n) is 7.19. The van der Waals surface area contributed by atoms with E-state index in [0.717, 1.165) is 18.4 Å². The lowest BCUT2D eigenvalue weighted by molar-refractivity contribution is 0.127. The SMILES string of the molecule is CC1(CC[C@H](CO)NC(=O)OCc2ccccc2)CC1. The molecule has 0 heterocycles. The number of benzene rings is 1. The van der Waals surface area contributed by atoms with Gasteiger partial charge in [-0.2, -0.15) is 0 Å². The minimum Gasteiger partial charge on any atom is -0.445 e. The van der Waals surface area contributed by atoms with E-state index in [1.54, 1.807) is 0 Å². The molecule has 20 heavy (non-hydrogen) atoms. The highest BCUT2D eigenvalue weighted by Gasteiger charge is 2.37. The largest absolute Gasteiger partial charge is 0.445 e. The summed E-state index contributed by atoms with van der Waals surface area (Å²) in [6.07, 6.45) is 3.88. The number of rotatable bonds is 7. The van der Waals surface area contributed by atoms with Crippen molar-refractivity contribution in [2.45, 2.75) is 45.3 Å². The highest BCUT2D eigenvalue weighted by molar-refractivity contribution is 5.67. The topological polar surface area (TPSA) is 58.6 Å². The van der Waals surface area contributed by atoms with E-state index in [0.29, 0.717) is 5.41 Å². The van der Waals surface area contributed by atoms with E-state index in [-0.39, 0.29) is 19.3 Å². The van der Waals surface area contributed by atoms with E-state index in [9.17, 15) is 9.90 Å². The standard InChI is InChI=1S/C16H23NO3/c1-16(9-10-16)8-7-14(11-18)17-15(19)20-12-13-5-3-2-4-6-13/h2-6,14,18H,7-12H2,1H3,(H,17,19)/t14-/m1/s1. The lowest BCUT2D eigenvalue weighted by Crippen LogP contribution is -2.38. The molecule has 0 bridgehead atoms. The van der Waals surface area contributed by atoms with Crippen LogP contribution in [0.25, 0.3) is 0 Å². The van der Waals surface area contributed by atoms with Crippen LogP contribution in [0.2, 0.25) is 0 Å². The van der Waals surface area contributed by atoms with Gasteiger partial charge < -0.3 is 15.2 Å². The molecule has 2 N–H and O–H groups in total. The molecule has 110 valence electrons. The van der Waals surface area contributed by atoms with Crippen LogP contribution in [0.15, 0.2) is 30.3 Å². The minimum absolute atomic E-state index is 0.0451. The Morgan fingerprint density at radius 1 is 1.40 bits per heavy atom. The zero-order chi connectivity index (χ0) is 14.4. The second-order valence-corrected chi connectivity index (χ2v) is 5.93. The number of carbonyl (C=O) groups excluding carboxylic acids is 1. The van der Waals surface area contributed by atoms with Gasteiger partial charge in [-0.15, -0.1) is 0 Å². The number of hydrogen-bond donors (Lipinski definition) is 2. The third-order valence-corrected chi connectivity index (χ3v) is 3.96. The molecule has 1 aliphatic carbocycles. The third-order valence-electron chi connectivity index (χ3n) is 3.96. The summed E-state index contributed by atoms with van der Waals surface area (Å²) in [6.45, 7) is 2.45. The average molecular weight is 277 g/mol. The van der Waals surface area contributed by atoms with Crippen LogP contribution >= 0.6 is 0 Å². The van der Waals surface area contributed by atoms with Crippen molar-refractivity contribution in [2.75, 3.05) is 6.61 Å². The fourth-order valence-corrected chi connectivity index (χ4v) is 2.13. The van der Waals surface area contributed by atoms with Crippen LogP contribution in [-0.2, 0) is 11.3 Å². The second-order valence-electron chi connectivity index (χ2n) is 5.93. The maximum absolute atomic E-state index is 11.7. The zero-order valence-corrected chi connectivity index (χ0v) is 12.0. The Hall–Kier alpha value is -1.55. The van der Waals surface area contributed by atoms with Crippen molar-refractivity contribution in [3.05, 3.63) is 35.9 Å². The van der Waals surface area contributed by atoms with Crippen molar-refractivity contribution < 1.29 is 14.6 Å². The van der Waals surface area contributed by atoms with E-state index in [4.69, 9.17) is 4.74 Å². The summed E-state index contributed by atoms with van der Waals surface area (Å²) in [7, 11) is 0. The number of hydrogen-bond acceptors (Lipinski definition) is 3. The molecule has 1 aromatic rings. The number of alkyl carbamates (subject to hydrolysis) is 1. The van der Waals surface area contributed by atoms with Crippen molar-refractivity contribution in [2.24, 2.45) is 5.41 Å². The molecule has 2 rings (SSSR count). The molecule has 4 nitrogen and oxygen atoms in total. The molecule has 1 aliphatic rings. The number of carbonyl (C=O) groups is 1. The molecule has 1 fully saturated rings. The Morgan fingerprint density at radius 2 is 2.10 bits per heavy atom. The molecule has 0 aliphatic heterocycles. The monoisotopic (exact) mass is 277 g/mol.